The maximum absolute atomic E-state index is 13.2. The Morgan fingerprint density at radius 2 is 1.90 bits per heavy atom. The molecule has 2 amide bonds. The first-order chi connectivity index (χ1) is 9.81. The maximum atomic E-state index is 13.2. The number of hydrogen-bond donors (Lipinski definition) is 3. The van der Waals surface area contributed by atoms with Crippen LogP contribution in [0.1, 0.15) is 36.5 Å². The number of halogens is 2. The molecule has 1 aromatic rings. The molecule has 0 aromatic heterocycles. The highest BCUT2D eigenvalue weighted by molar-refractivity contribution is 6.00. The molecule has 1 saturated carbocycles. The van der Waals surface area contributed by atoms with Crippen molar-refractivity contribution in [2.75, 3.05) is 11.9 Å². The highest BCUT2D eigenvalue weighted by atomic mass is 19.2. The largest absolute Gasteiger partial charge is 0.478 e. The number of urea groups is 1. The molecule has 0 aliphatic heterocycles. The fraction of sp³-hybridized carbons (Fsp3) is 0.429. The second kappa shape index (κ2) is 5.67. The number of rotatable bonds is 4. The quantitative estimate of drug-likeness (QED) is 0.799. The third-order valence-electron chi connectivity index (χ3n) is 3.78. The maximum Gasteiger partial charge on any atom is 0.337 e. The lowest BCUT2D eigenvalue weighted by Crippen LogP contribution is -2.41. The Morgan fingerprint density at radius 1 is 1.29 bits per heavy atom. The van der Waals surface area contributed by atoms with Crippen LogP contribution in [-0.4, -0.2) is 23.7 Å². The molecule has 5 nitrogen and oxygen atoms in total. The first-order valence-electron chi connectivity index (χ1n) is 6.58. The number of nitrogens with one attached hydrogen (secondary N) is 2. The van der Waals surface area contributed by atoms with Gasteiger partial charge in [0.15, 0.2) is 11.6 Å². The summed E-state index contributed by atoms with van der Waals surface area (Å²) in [5, 5.41) is 13.8. The van der Waals surface area contributed by atoms with Gasteiger partial charge in [-0.1, -0.05) is 13.3 Å². The number of hydrogen-bond acceptors (Lipinski definition) is 2. The Morgan fingerprint density at radius 3 is 2.43 bits per heavy atom. The zero-order valence-corrected chi connectivity index (χ0v) is 11.5. The van der Waals surface area contributed by atoms with Gasteiger partial charge in [0.05, 0.1) is 11.3 Å². The summed E-state index contributed by atoms with van der Waals surface area (Å²) in [6.45, 7) is 2.49. The molecule has 7 heteroatoms. The molecule has 0 spiro atoms. The SMILES string of the molecule is CC1(CNC(=O)Nc2cc(F)c(F)cc2C(=O)O)CCC1. The summed E-state index contributed by atoms with van der Waals surface area (Å²) in [6, 6.07) is 0.556. The van der Waals surface area contributed by atoms with Gasteiger partial charge in [-0.2, -0.15) is 0 Å². The van der Waals surface area contributed by atoms with Crippen molar-refractivity contribution in [3.05, 3.63) is 29.3 Å². The molecule has 21 heavy (non-hydrogen) atoms. The summed E-state index contributed by atoms with van der Waals surface area (Å²) in [5.74, 6) is -3.95. The molecule has 0 unspecified atom stereocenters. The van der Waals surface area contributed by atoms with Crippen LogP contribution in [0.3, 0.4) is 0 Å². The van der Waals surface area contributed by atoms with E-state index in [1.54, 1.807) is 0 Å². The number of aromatic carboxylic acids is 1. The molecule has 114 valence electrons. The molecular formula is C14H16F2N2O3. The summed E-state index contributed by atoms with van der Waals surface area (Å²) in [5.41, 5.74) is -0.724. The molecule has 3 N–H and O–H groups in total. The van der Waals surface area contributed by atoms with Gasteiger partial charge in [-0.3, -0.25) is 0 Å². The van der Waals surface area contributed by atoms with Crippen LogP contribution in [0.15, 0.2) is 12.1 Å². The zero-order chi connectivity index (χ0) is 15.6. The highest BCUT2D eigenvalue weighted by Crippen LogP contribution is 2.39. The molecule has 0 heterocycles. The third-order valence-corrected chi connectivity index (χ3v) is 3.78. The standard InChI is InChI=1S/C14H16F2N2O3/c1-14(3-2-4-14)7-17-13(21)18-11-6-10(16)9(15)5-8(11)12(19)20/h5-6H,2-4,7H2,1H3,(H,19,20)(H2,17,18,21). The van der Waals surface area contributed by atoms with Crippen LogP contribution < -0.4 is 10.6 Å². The zero-order valence-electron chi connectivity index (χ0n) is 11.5. The van der Waals surface area contributed by atoms with Crippen LogP contribution in [0.25, 0.3) is 0 Å². The van der Waals surface area contributed by atoms with Crippen molar-refractivity contribution < 1.29 is 23.5 Å². The lowest BCUT2D eigenvalue weighted by molar-refractivity contribution is 0.0697. The van der Waals surface area contributed by atoms with E-state index in [1.807, 2.05) is 6.92 Å². The molecule has 2 rings (SSSR count). The van der Waals surface area contributed by atoms with Crippen molar-refractivity contribution >= 4 is 17.7 Å². The minimum atomic E-state index is -1.45. The number of carbonyl (C=O) groups is 2. The number of carboxylic acids is 1. The second-order valence-electron chi connectivity index (χ2n) is 5.59. The predicted octanol–water partition coefficient (Wildman–Crippen LogP) is 2.97. The van der Waals surface area contributed by atoms with E-state index in [9.17, 15) is 18.4 Å². The molecular weight excluding hydrogens is 282 g/mol. The molecule has 1 aliphatic carbocycles. The molecule has 0 saturated heterocycles. The van der Waals surface area contributed by atoms with Crippen molar-refractivity contribution in [2.24, 2.45) is 5.41 Å². The van der Waals surface area contributed by atoms with Gasteiger partial charge in [0.25, 0.3) is 0 Å². The van der Waals surface area contributed by atoms with E-state index in [4.69, 9.17) is 5.11 Å². The van der Waals surface area contributed by atoms with E-state index in [-0.39, 0.29) is 11.1 Å². The van der Waals surface area contributed by atoms with Gasteiger partial charge in [-0.05, 0) is 24.3 Å². The van der Waals surface area contributed by atoms with Crippen LogP contribution in [0.4, 0.5) is 19.3 Å². The Kier molecular flexibility index (Phi) is 4.11. The number of benzene rings is 1. The van der Waals surface area contributed by atoms with Crippen molar-refractivity contribution in [1.29, 1.82) is 0 Å². The van der Waals surface area contributed by atoms with E-state index in [1.165, 1.54) is 0 Å². The van der Waals surface area contributed by atoms with Crippen LogP contribution in [0, 0.1) is 17.0 Å². The molecule has 1 aromatic carbocycles. The minimum Gasteiger partial charge on any atom is -0.478 e. The fourth-order valence-electron chi connectivity index (χ4n) is 2.24. The van der Waals surface area contributed by atoms with Gasteiger partial charge in [-0.15, -0.1) is 0 Å². The van der Waals surface area contributed by atoms with Gasteiger partial charge in [0, 0.05) is 12.6 Å². The van der Waals surface area contributed by atoms with Crippen LogP contribution in [0.5, 0.6) is 0 Å². The first-order valence-corrected chi connectivity index (χ1v) is 6.58. The predicted molar refractivity (Wildman–Crippen MR) is 72.3 cm³/mol. The highest BCUT2D eigenvalue weighted by Gasteiger charge is 2.32. The fourth-order valence-corrected chi connectivity index (χ4v) is 2.24. The van der Waals surface area contributed by atoms with Gasteiger partial charge < -0.3 is 15.7 Å². The molecule has 0 bridgehead atoms. The van der Waals surface area contributed by atoms with E-state index >= 15 is 0 Å². The molecule has 0 atom stereocenters. The molecule has 0 radical (unpaired) electrons. The minimum absolute atomic E-state index is 0.0566. The Bertz CT molecular complexity index is 586. The van der Waals surface area contributed by atoms with E-state index in [0.29, 0.717) is 18.7 Å². The summed E-state index contributed by atoms with van der Waals surface area (Å²) in [6.07, 6.45) is 3.14. The van der Waals surface area contributed by atoms with Crippen molar-refractivity contribution in [3.63, 3.8) is 0 Å². The third kappa shape index (κ3) is 3.48. The topological polar surface area (TPSA) is 78.4 Å². The lowest BCUT2D eigenvalue weighted by atomic mass is 9.70. The Hall–Kier alpha value is -2.18. The average Bonchev–Trinajstić information content (AvgIpc) is 2.37. The Labute approximate surface area is 120 Å². The van der Waals surface area contributed by atoms with Gasteiger partial charge in [0.2, 0.25) is 0 Å². The number of amides is 2. The van der Waals surface area contributed by atoms with Crippen LogP contribution in [0.2, 0.25) is 0 Å². The smallest absolute Gasteiger partial charge is 0.337 e. The van der Waals surface area contributed by atoms with Gasteiger partial charge in [-0.25, -0.2) is 18.4 Å². The van der Waals surface area contributed by atoms with Crippen molar-refractivity contribution in [1.82, 2.24) is 5.32 Å². The summed E-state index contributed by atoms with van der Waals surface area (Å²) in [7, 11) is 0. The summed E-state index contributed by atoms with van der Waals surface area (Å²) < 4.78 is 26.2. The van der Waals surface area contributed by atoms with Crippen molar-refractivity contribution in [2.45, 2.75) is 26.2 Å². The van der Waals surface area contributed by atoms with E-state index < -0.39 is 29.2 Å². The van der Waals surface area contributed by atoms with Gasteiger partial charge in [0.1, 0.15) is 0 Å². The van der Waals surface area contributed by atoms with Crippen LogP contribution in [-0.2, 0) is 0 Å². The molecule has 1 aliphatic rings. The first kappa shape index (κ1) is 15.2. The lowest BCUT2D eigenvalue weighted by Gasteiger charge is -2.38. The summed E-state index contributed by atoms with van der Waals surface area (Å²) >= 11 is 0. The van der Waals surface area contributed by atoms with Crippen molar-refractivity contribution in [3.8, 4) is 0 Å². The van der Waals surface area contributed by atoms with E-state index in [0.717, 1.165) is 19.3 Å². The summed E-state index contributed by atoms with van der Waals surface area (Å²) in [4.78, 5) is 22.7. The normalized spacial score (nSPS) is 16.0. The average molecular weight is 298 g/mol. The monoisotopic (exact) mass is 298 g/mol. The Balaban J connectivity index is 2.05. The van der Waals surface area contributed by atoms with E-state index in [2.05, 4.69) is 10.6 Å². The number of anilines is 1. The molecule has 1 fully saturated rings. The number of carbonyl (C=O) groups excluding carboxylic acids is 1. The van der Waals surface area contributed by atoms with Crippen LogP contribution >= 0.6 is 0 Å². The second-order valence-corrected chi connectivity index (χ2v) is 5.59. The van der Waals surface area contributed by atoms with Gasteiger partial charge >= 0.3 is 12.0 Å². The number of carboxylic acid groups (broad SMARTS) is 1.